The fourth-order valence-electron chi connectivity index (χ4n) is 2.21. The van der Waals surface area contributed by atoms with E-state index >= 15 is 0 Å². The third kappa shape index (κ3) is 3.97. The summed E-state index contributed by atoms with van der Waals surface area (Å²) >= 11 is 5.08. The van der Waals surface area contributed by atoms with Crippen LogP contribution in [0.5, 0.6) is 0 Å². The van der Waals surface area contributed by atoms with Crippen LogP contribution in [-0.4, -0.2) is 42.2 Å². The number of thioether (sulfide) groups is 1. The molecule has 1 N–H and O–H groups in total. The van der Waals surface area contributed by atoms with Gasteiger partial charge in [-0.2, -0.15) is 0 Å². The Hall–Kier alpha value is -0.520. The van der Waals surface area contributed by atoms with E-state index in [0.717, 1.165) is 24.1 Å². The average molecular weight is 343 g/mol. The van der Waals surface area contributed by atoms with Crippen LogP contribution in [0.15, 0.2) is 27.6 Å². The third-order valence-corrected chi connectivity index (χ3v) is 4.96. The summed E-state index contributed by atoms with van der Waals surface area (Å²) in [6.07, 6.45) is 0. The van der Waals surface area contributed by atoms with Gasteiger partial charge >= 0.3 is 0 Å². The molecule has 1 saturated heterocycles. The van der Waals surface area contributed by atoms with E-state index in [1.165, 1.54) is 10.5 Å². The van der Waals surface area contributed by atoms with Gasteiger partial charge in [-0.15, -0.1) is 11.8 Å². The molecule has 0 radical (unpaired) electrons. The van der Waals surface area contributed by atoms with Crippen molar-refractivity contribution in [1.82, 2.24) is 10.2 Å². The minimum Gasteiger partial charge on any atom is -0.337 e. The number of hydrogen-bond acceptors (Lipinski definition) is 3. The molecule has 1 aliphatic rings. The van der Waals surface area contributed by atoms with Crippen molar-refractivity contribution in [1.29, 1.82) is 0 Å². The number of benzene rings is 1. The maximum absolute atomic E-state index is 12.2. The van der Waals surface area contributed by atoms with Gasteiger partial charge in [-0.25, -0.2) is 0 Å². The number of hydrogen-bond donors (Lipinski definition) is 1. The number of halogens is 1. The molecule has 0 aromatic heterocycles. The predicted octanol–water partition coefficient (Wildman–Crippen LogP) is 2.67. The molecule has 0 spiro atoms. The van der Waals surface area contributed by atoms with Crippen molar-refractivity contribution in [2.75, 3.05) is 25.4 Å². The molecule has 104 valence electrons. The van der Waals surface area contributed by atoms with E-state index < -0.39 is 0 Å². The fraction of sp³-hybridized carbons (Fsp3) is 0.500. The lowest BCUT2D eigenvalue weighted by Gasteiger charge is -2.34. The van der Waals surface area contributed by atoms with Crippen molar-refractivity contribution in [2.45, 2.75) is 24.8 Å². The summed E-state index contributed by atoms with van der Waals surface area (Å²) in [5.41, 5.74) is 1.21. The van der Waals surface area contributed by atoms with E-state index in [1.54, 1.807) is 11.8 Å². The molecule has 1 heterocycles. The highest BCUT2D eigenvalue weighted by Crippen LogP contribution is 2.25. The second-order valence-corrected chi connectivity index (χ2v) is 6.77. The van der Waals surface area contributed by atoms with Crippen LogP contribution in [0.4, 0.5) is 0 Å². The molecule has 1 aromatic carbocycles. The number of rotatable bonds is 3. The number of aryl methyl sites for hydroxylation is 1. The van der Waals surface area contributed by atoms with Crippen LogP contribution in [0, 0.1) is 6.92 Å². The number of piperazine rings is 1. The van der Waals surface area contributed by atoms with Gasteiger partial charge in [-0.3, -0.25) is 4.79 Å². The van der Waals surface area contributed by atoms with Crippen molar-refractivity contribution in [3.05, 3.63) is 28.2 Å². The smallest absolute Gasteiger partial charge is 0.233 e. The maximum atomic E-state index is 12.2. The van der Waals surface area contributed by atoms with Crippen LogP contribution in [0.2, 0.25) is 0 Å². The van der Waals surface area contributed by atoms with Gasteiger partial charge in [0.2, 0.25) is 5.91 Å². The van der Waals surface area contributed by atoms with Gasteiger partial charge in [0, 0.05) is 35.0 Å². The molecule has 0 saturated carbocycles. The summed E-state index contributed by atoms with van der Waals surface area (Å²) in [5, 5.41) is 3.30. The van der Waals surface area contributed by atoms with Crippen LogP contribution in [0.25, 0.3) is 0 Å². The van der Waals surface area contributed by atoms with Crippen LogP contribution < -0.4 is 5.32 Å². The van der Waals surface area contributed by atoms with Crippen LogP contribution in [0.3, 0.4) is 0 Å². The highest BCUT2D eigenvalue weighted by atomic mass is 79.9. The molecule has 0 unspecified atom stereocenters. The topological polar surface area (TPSA) is 32.3 Å². The molecule has 0 aliphatic carbocycles. The van der Waals surface area contributed by atoms with Crippen molar-refractivity contribution in [2.24, 2.45) is 0 Å². The third-order valence-electron chi connectivity index (χ3n) is 3.31. The van der Waals surface area contributed by atoms with Gasteiger partial charge in [-0.05, 0) is 37.6 Å². The Kier molecular flexibility index (Phi) is 5.30. The molecular weight excluding hydrogens is 324 g/mol. The first-order chi connectivity index (χ1) is 9.08. The molecule has 1 atom stereocenters. The quantitative estimate of drug-likeness (QED) is 0.857. The molecule has 0 bridgehead atoms. The second-order valence-electron chi connectivity index (χ2n) is 4.84. The largest absolute Gasteiger partial charge is 0.337 e. The van der Waals surface area contributed by atoms with Crippen molar-refractivity contribution in [3.63, 3.8) is 0 Å². The minimum absolute atomic E-state index is 0.237. The molecule has 1 amide bonds. The van der Waals surface area contributed by atoms with Crippen LogP contribution >= 0.6 is 27.7 Å². The molecule has 1 fully saturated rings. The maximum Gasteiger partial charge on any atom is 0.233 e. The second kappa shape index (κ2) is 6.77. The van der Waals surface area contributed by atoms with Gasteiger partial charge < -0.3 is 10.2 Å². The number of nitrogens with one attached hydrogen (secondary N) is 1. The Labute approximate surface area is 127 Å². The molecule has 2 rings (SSSR count). The molecule has 19 heavy (non-hydrogen) atoms. The van der Waals surface area contributed by atoms with Crippen molar-refractivity contribution < 1.29 is 4.79 Å². The van der Waals surface area contributed by atoms with Crippen molar-refractivity contribution in [3.8, 4) is 0 Å². The summed E-state index contributed by atoms with van der Waals surface area (Å²) in [6, 6.07) is 6.47. The zero-order valence-electron chi connectivity index (χ0n) is 11.3. The van der Waals surface area contributed by atoms with Gasteiger partial charge in [0.05, 0.1) is 5.75 Å². The number of carbonyl (C=O) groups is 1. The standard InChI is InChI=1S/C14H19BrN2OS/c1-10-7-12(15)3-4-13(10)19-9-14(18)17-6-5-16-8-11(17)2/h3-4,7,11,16H,5-6,8-9H2,1-2H3/t11-/m1/s1. The predicted molar refractivity (Wildman–Crippen MR) is 83.6 cm³/mol. The van der Waals surface area contributed by atoms with Gasteiger partial charge in [0.15, 0.2) is 0 Å². The Morgan fingerprint density at radius 2 is 2.37 bits per heavy atom. The summed E-state index contributed by atoms with van der Waals surface area (Å²) in [5.74, 6) is 0.758. The summed E-state index contributed by atoms with van der Waals surface area (Å²) in [7, 11) is 0. The van der Waals surface area contributed by atoms with Gasteiger partial charge in [0.1, 0.15) is 0 Å². The van der Waals surface area contributed by atoms with Crippen LogP contribution in [0.1, 0.15) is 12.5 Å². The SMILES string of the molecule is Cc1cc(Br)ccc1SCC(=O)N1CCNC[C@H]1C. The molecule has 1 aromatic rings. The normalized spacial score (nSPS) is 19.5. The lowest BCUT2D eigenvalue weighted by atomic mass is 10.2. The van der Waals surface area contributed by atoms with E-state index in [1.807, 2.05) is 11.0 Å². The Morgan fingerprint density at radius 3 is 3.05 bits per heavy atom. The van der Waals surface area contributed by atoms with Gasteiger partial charge in [-0.1, -0.05) is 15.9 Å². The lowest BCUT2D eigenvalue weighted by molar-refractivity contribution is -0.131. The molecule has 1 aliphatic heterocycles. The first kappa shape index (κ1) is 14.9. The number of amides is 1. The minimum atomic E-state index is 0.237. The van der Waals surface area contributed by atoms with E-state index in [4.69, 9.17) is 0 Å². The summed E-state index contributed by atoms with van der Waals surface area (Å²) < 4.78 is 1.08. The summed E-state index contributed by atoms with van der Waals surface area (Å²) in [6.45, 7) is 6.79. The zero-order valence-corrected chi connectivity index (χ0v) is 13.7. The molecule has 3 nitrogen and oxygen atoms in total. The van der Waals surface area contributed by atoms with Crippen LogP contribution in [-0.2, 0) is 4.79 Å². The first-order valence-electron chi connectivity index (χ1n) is 6.47. The lowest BCUT2D eigenvalue weighted by Crippen LogP contribution is -2.52. The Bertz CT molecular complexity index is 467. The van der Waals surface area contributed by atoms with E-state index in [9.17, 15) is 4.79 Å². The zero-order chi connectivity index (χ0) is 13.8. The monoisotopic (exact) mass is 342 g/mol. The average Bonchev–Trinajstić information content (AvgIpc) is 2.38. The highest BCUT2D eigenvalue weighted by molar-refractivity contribution is 9.10. The van der Waals surface area contributed by atoms with E-state index in [-0.39, 0.29) is 5.91 Å². The molecular formula is C14H19BrN2OS. The Balaban J connectivity index is 1.92. The number of nitrogens with zero attached hydrogens (tertiary/aromatic N) is 1. The van der Waals surface area contributed by atoms with Gasteiger partial charge in [0.25, 0.3) is 0 Å². The molecule has 5 heteroatoms. The fourth-order valence-corrected chi connectivity index (χ4v) is 3.58. The summed E-state index contributed by atoms with van der Waals surface area (Å²) in [4.78, 5) is 15.4. The highest BCUT2D eigenvalue weighted by Gasteiger charge is 2.22. The first-order valence-corrected chi connectivity index (χ1v) is 8.25. The number of carbonyl (C=O) groups excluding carboxylic acids is 1. The Morgan fingerprint density at radius 1 is 1.58 bits per heavy atom. The van der Waals surface area contributed by atoms with Crippen molar-refractivity contribution >= 4 is 33.6 Å². The van der Waals surface area contributed by atoms with E-state index in [0.29, 0.717) is 11.8 Å². The van der Waals surface area contributed by atoms with E-state index in [2.05, 4.69) is 47.2 Å².